The van der Waals surface area contributed by atoms with Crippen LogP contribution in [-0.4, -0.2) is 28.2 Å². The molecule has 1 heterocycles. The number of aliphatic hydroxyl groups excluding tert-OH is 1. The molecule has 0 bridgehead atoms. The maximum Gasteiger partial charge on any atom is 0.270 e. The van der Waals surface area contributed by atoms with E-state index in [1.54, 1.807) is 30.3 Å². The molecule has 3 rings (SSSR count). The molecule has 2 aromatic carbocycles. The summed E-state index contributed by atoms with van der Waals surface area (Å²) in [5.41, 5.74) is 1.63. The lowest BCUT2D eigenvalue weighted by Gasteiger charge is -2.15. The van der Waals surface area contributed by atoms with E-state index in [4.69, 9.17) is 21.4 Å². The van der Waals surface area contributed by atoms with Crippen molar-refractivity contribution in [2.45, 2.75) is 12.8 Å². The smallest absolute Gasteiger partial charge is 0.270 e. The fourth-order valence-corrected chi connectivity index (χ4v) is 2.98. The first-order chi connectivity index (χ1) is 14.8. The Hall–Kier alpha value is -3.23. The molecule has 0 atom stereocenters. The predicted octanol–water partition coefficient (Wildman–Crippen LogP) is 5.82. The van der Waals surface area contributed by atoms with Crippen LogP contribution in [0.5, 0.6) is 11.5 Å². The van der Waals surface area contributed by atoms with Crippen molar-refractivity contribution in [2.75, 3.05) is 23.8 Å². The normalized spacial score (nSPS) is 11.1. The van der Waals surface area contributed by atoms with Crippen LogP contribution in [0.4, 0.5) is 26.0 Å². The molecule has 0 spiro atoms. The SMILES string of the molecule is C=Cc1ncnc(Nc2ccc(Oc3cccc(C(C)(F)F)c3)c(Cl)c2)c1NCCO. The fraction of sp³-hybridized carbons (Fsp3) is 0.182. The lowest BCUT2D eigenvalue weighted by molar-refractivity contribution is 0.0173. The molecular weight excluding hydrogens is 426 g/mol. The number of nitrogens with zero attached hydrogens (tertiary/aromatic N) is 2. The number of benzene rings is 2. The van der Waals surface area contributed by atoms with Gasteiger partial charge in [-0.15, -0.1) is 0 Å². The number of hydrogen-bond acceptors (Lipinski definition) is 6. The number of halogens is 3. The Morgan fingerprint density at radius 3 is 2.71 bits per heavy atom. The molecule has 0 fully saturated rings. The van der Waals surface area contributed by atoms with Crippen molar-refractivity contribution in [1.82, 2.24) is 9.97 Å². The summed E-state index contributed by atoms with van der Waals surface area (Å²) in [6.45, 7) is 4.81. The molecule has 6 nitrogen and oxygen atoms in total. The van der Waals surface area contributed by atoms with Crippen LogP contribution in [0.2, 0.25) is 5.02 Å². The van der Waals surface area contributed by atoms with Gasteiger partial charge in [0, 0.05) is 24.7 Å². The van der Waals surface area contributed by atoms with Gasteiger partial charge in [0.25, 0.3) is 5.92 Å². The molecule has 0 radical (unpaired) electrons. The van der Waals surface area contributed by atoms with Crippen LogP contribution in [-0.2, 0) is 5.92 Å². The zero-order valence-electron chi connectivity index (χ0n) is 16.7. The molecule has 0 saturated heterocycles. The van der Waals surface area contributed by atoms with Crippen LogP contribution in [0.1, 0.15) is 18.2 Å². The molecule has 9 heteroatoms. The highest BCUT2D eigenvalue weighted by Gasteiger charge is 2.24. The average molecular weight is 447 g/mol. The number of hydrogen-bond donors (Lipinski definition) is 3. The third kappa shape index (κ3) is 5.68. The quantitative estimate of drug-likeness (QED) is 0.384. The Kier molecular flexibility index (Phi) is 7.04. The first-order valence-electron chi connectivity index (χ1n) is 9.36. The molecule has 0 aliphatic rings. The van der Waals surface area contributed by atoms with Gasteiger partial charge in [-0.05, 0) is 36.4 Å². The zero-order chi connectivity index (χ0) is 22.4. The molecule has 0 saturated carbocycles. The molecule has 3 N–H and O–H groups in total. The third-order valence-electron chi connectivity index (χ3n) is 4.25. The largest absolute Gasteiger partial charge is 0.456 e. The lowest BCUT2D eigenvalue weighted by Crippen LogP contribution is -2.10. The second-order valence-electron chi connectivity index (χ2n) is 6.63. The van der Waals surface area contributed by atoms with E-state index in [2.05, 4.69) is 27.2 Å². The number of ether oxygens (including phenoxy) is 1. The van der Waals surface area contributed by atoms with Crippen molar-refractivity contribution in [3.05, 3.63) is 71.7 Å². The third-order valence-corrected chi connectivity index (χ3v) is 4.54. The summed E-state index contributed by atoms with van der Waals surface area (Å²) in [4.78, 5) is 8.37. The van der Waals surface area contributed by atoms with E-state index < -0.39 is 5.92 Å². The van der Waals surface area contributed by atoms with Crippen molar-refractivity contribution in [1.29, 1.82) is 0 Å². The standard InChI is InChI=1S/C22H21ClF2N4O2/c1-3-18-20(26-9-10-30)21(28-13-27-18)29-15-7-8-19(17(23)12-15)31-16-6-4-5-14(11-16)22(2,24)25/h3-8,11-13,26,30H,1,9-10H2,2H3,(H,27,28,29). The summed E-state index contributed by atoms with van der Waals surface area (Å²) in [5.74, 6) is -1.93. The summed E-state index contributed by atoms with van der Waals surface area (Å²) < 4.78 is 32.8. The summed E-state index contributed by atoms with van der Waals surface area (Å²) in [5, 5.41) is 15.6. The molecule has 0 amide bonds. The Morgan fingerprint density at radius 2 is 2.03 bits per heavy atom. The van der Waals surface area contributed by atoms with Gasteiger partial charge >= 0.3 is 0 Å². The minimum atomic E-state index is -2.97. The summed E-state index contributed by atoms with van der Waals surface area (Å²) in [6, 6.07) is 10.7. The minimum absolute atomic E-state index is 0.0616. The van der Waals surface area contributed by atoms with Gasteiger partial charge < -0.3 is 20.5 Å². The van der Waals surface area contributed by atoms with Gasteiger partial charge in [-0.1, -0.05) is 30.3 Å². The van der Waals surface area contributed by atoms with Gasteiger partial charge in [-0.2, -0.15) is 0 Å². The van der Waals surface area contributed by atoms with Crippen LogP contribution in [0, 0.1) is 0 Å². The molecule has 0 aliphatic carbocycles. The Morgan fingerprint density at radius 1 is 1.23 bits per heavy atom. The van der Waals surface area contributed by atoms with Crippen LogP contribution in [0.15, 0.2) is 55.4 Å². The summed E-state index contributed by atoms with van der Waals surface area (Å²) in [6.07, 6.45) is 2.96. The highest BCUT2D eigenvalue weighted by Crippen LogP contribution is 2.35. The molecule has 3 aromatic rings. The second kappa shape index (κ2) is 9.72. The van der Waals surface area contributed by atoms with Gasteiger partial charge in [0.15, 0.2) is 5.82 Å². The number of nitrogens with one attached hydrogen (secondary N) is 2. The van der Waals surface area contributed by atoms with Gasteiger partial charge in [0.05, 0.1) is 17.3 Å². The van der Waals surface area contributed by atoms with Gasteiger partial charge in [0.2, 0.25) is 0 Å². The number of anilines is 3. The van der Waals surface area contributed by atoms with E-state index in [0.717, 1.165) is 6.92 Å². The number of aromatic nitrogens is 2. The second-order valence-corrected chi connectivity index (χ2v) is 7.03. The van der Waals surface area contributed by atoms with Crippen molar-refractivity contribution >= 4 is 34.9 Å². The predicted molar refractivity (Wildman–Crippen MR) is 119 cm³/mol. The first kappa shape index (κ1) is 22.5. The lowest BCUT2D eigenvalue weighted by atomic mass is 10.1. The summed E-state index contributed by atoms with van der Waals surface area (Å²) in [7, 11) is 0. The maximum absolute atomic E-state index is 13.6. The number of alkyl halides is 2. The van der Waals surface area contributed by atoms with Crippen LogP contribution >= 0.6 is 11.6 Å². The van der Waals surface area contributed by atoms with E-state index in [-0.39, 0.29) is 22.9 Å². The molecule has 0 unspecified atom stereocenters. The molecule has 1 aromatic heterocycles. The first-order valence-corrected chi connectivity index (χ1v) is 9.74. The van der Waals surface area contributed by atoms with Crippen LogP contribution in [0.3, 0.4) is 0 Å². The summed E-state index contributed by atoms with van der Waals surface area (Å²) >= 11 is 6.35. The average Bonchev–Trinajstić information content (AvgIpc) is 2.74. The van der Waals surface area contributed by atoms with E-state index in [1.165, 1.54) is 24.5 Å². The molecule has 0 aliphatic heterocycles. The Labute approximate surface area is 183 Å². The highest BCUT2D eigenvalue weighted by molar-refractivity contribution is 6.32. The fourth-order valence-electron chi connectivity index (χ4n) is 2.76. The monoisotopic (exact) mass is 446 g/mol. The van der Waals surface area contributed by atoms with E-state index >= 15 is 0 Å². The molecule has 31 heavy (non-hydrogen) atoms. The molecule has 162 valence electrons. The highest BCUT2D eigenvalue weighted by atomic mass is 35.5. The van der Waals surface area contributed by atoms with Crippen LogP contribution < -0.4 is 15.4 Å². The maximum atomic E-state index is 13.6. The Balaban J connectivity index is 1.82. The van der Waals surface area contributed by atoms with Crippen molar-refractivity contribution in [3.8, 4) is 11.5 Å². The minimum Gasteiger partial charge on any atom is -0.456 e. The van der Waals surface area contributed by atoms with Gasteiger partial charge in [-0.25, -0.2) is 18.7 Å². The number of rotatable bonds is 9. The van der Waals surface area contributed by atoms with Crippen LogP contribution in [0.25, 0.3) is 6.08 Å². The van der Waals surface area contributed by atoms with Crippen molar-refractivity contribution < 1.29 is 18.6 Å². The van der Waals surface area contributed by atoms with E-state index in [1.807, 2.05) is 0 Å². The Bertz CT molecular complexity index is 1070. The van der Waals surface area contributed by atoms with Crippen molar-refractivity contribution in [3.63, 3.8) is 0 Å². The molecular formula is C22H21ClF2N4O2. The van der Waals surface area contributed by atoms with E-state index in [9.17, 15) is 8.78 Å². The number of aliphatic hydroxyl groups is 1. The van der Waals surface area contributed by atoms with Gasteiger partial charge in [0.1, 0.15) is 23.5 Å². The van der Waals surface area contributed by atoms with Crippen molar-refractivity contribution in [2.24, 2.45) is 0 Å². The zero-order valence-corrected chi connectivity index (χ0v) is 17.5. The van der Waals surface area contributed by atoms with E-state index in [0.29, 0.717) is 35.2 Å². The van der Waals surface area contributed by atoms with Gasteiger partial charge in [-0.3, -0.25) is 0 Å². The topological polar surface area (TPSA) is 79.3 Å².